The first-order valence-corrected chi connectivity index (χ1v) is 11.9. The molecule has 2 nitrogen and oxygen atoms in total. The van der Waals surface area contributed by atoms with E-state index in [-0.39, 0.29) is 33.1 Å². The molecule has 1 saturated heterocycles. The average Bonchev–Trinajstić information content (AvgIpc) is 2.43. The van der Waals surface area contributed by atoms with E-state index in [0.717, 1.165) is 20.1 Å². The second-order valence-corrected chi connectivity index (χ2v) is 11.9. The van der Waals surface area contributed by atoms with Crippen LogP contribution in [-0.2, 0) is 8.37 Å². The predicted octanol–water partition coefficient (Wildman–Crippen LogP) is 3.56. The molecule has 0 amide bonds. The summed E-state index contributed by atoms with van der Waals surface area (Å²) in [6.07, 6.45) is 3.29. The monoisotopic (exact) mass is 444 g/mol. The van der Waals surface area contributed by atoms with Gasteiger partial charge in [0.25, 0.3) is 0 Å². The van der Waals surface area contributed by atoms with Gasteiger partial charge in [-0.1, -0.05) is 0 Å². The van der Waals surface area contributed by atoms with Crippen LogP contribution in [0.1, 0.15) is 26.7 Å². The van der Waals surface area contributed by atoms with Crippen molar-refractivity contribution in [3.63, 3.8) is 0 Å². The summed E-state index contributed by atoms with van der Waals surface area (Å²) in [6.45, 7) is 4.16. The molecule has 0 saturated carbocycles. The minimum absolute atomic E-state index is 0.155. The second-order valence-electron chi connectivity index (χ2n) is 4.46. The van der Waals surface area contributed by atoms with Crippen molar-refractivity contribution in [3.05, 3.63) is 0 Å². The van der Waals surface area contributed by atoms with E-state index in [9.17, 15) is 0 Å². The van der Waals surface area contributed by atoms with Gasteiger partial charge in [-0.3, -0.25) is 0 Å². The van der Waals surface area contributed by atoms with Gasteiger partial charge in [0.2, 0.25) is 0 Å². The Morgan fingerprint density at radius 1 is 1.11 bits per heavy atom. The molecular weight excluding hydrogens is 420 g/mol. The van der Waals surface area contributed by atoms with Crippen molar-refractivity contribution in [2.24, 2.45) is 0 Å². The first kappa shape index (κ1) is 18.2. The Labute approximate surface area is 141 Å². The number of rotatable bonds is 8. The van der Waals surface area contributed by atoms with Gasteiger partial charge in [0, 0.05) is 0 Å². The molecule has 1 fully saturated rings. The Morgan fingerprint density at radius 3 is 2.22 bits per heavy atom. The molecule has 108 valence electrons. The van der Waals surface area contributed by atoms with Crippen molar-refractivity contribution in [1.82, 2.24) is 0 Å². The molecule has 18 heavy (non-hydrogen) atoms. The summed E-state index contributed by atoms with van der Waals surface area (Å²) in [4.78, 5) is 0. The van der Waals surface area contributed by atoms with Gasteiger partial charge in [-0.15, -0.1) is 0 Å². The Balaban J connectivity index is 2.09. The Hall–Kier alpha value is 2.11. The molecule has 7 heteroatoms. The second kappa shape index (κ2) is 10.8. The topological polar surface area (TPSA) is 18.5 Å². The third-order valence-corrected chi connectivity index (χ3v) is 12.3. The molecule has 4 atom stereocenters. The summed E-state index contributed by atoms with van der Waals surface area (Å²) < 4.78 is 12.4. The van der Waals surface area contributed by atoms with Crippen LogP contribution < -0.4 is 0 Å². The molecule has 0 N–H and O–H groups in total. The number of thioether (sulfide) groups is 2. The van der Waals surface area contributed by atoms with E-state index in [4.69, 9.17) is 8.37 Å². The van der Waals surface area contributed by atoms with Gasteiger partial charge >= 0.3 is 142 Å². The van der Waals surface area contributed by atoms with Gasteiger partial charge in [-0.2, -0.15) is 0 Å². The van der Waals surface area contributed by atoms with Crippen LogP contribution in [-0.4, -0.2) is 53.2 Å². The van der Waals surface area contributed by atoms with E-state index >= 15 is 0 Å². The SMILES string of the molecule is CC(CSC1CCC(SCC(C)OS)[Te]C1)OS. The molecule has 1 rings (SSSR count). The zero-order valence-electron chi connectivity index (χ0n) is 10.8. The van der Waals surface area contributed by atoms with Gasteiger partial charge in [0.1, 0.15) is 0 Å². The van der Waals surface area contributed by atoms with Crippen LogP contribution in [0.3, 0.4) is 0 Å². The van der Waals surface area contributed by atoms with Gasteiger partial charge in [0.15, 0.2) is 0 Å². The number of hydrogen-bond acceptors (Lipinski definition) is 6. The summed E-state index contributed by atoms with van der Waals surface area (Å²) >= 11 is 12.0. The Bertz CT molecular complexity index is 193. The van der Waals surface area contributed by atoms with Crippen LogP contribution in [0.4, 0.5) is 0 Å². The van der Waals surface area contributed by atoms with Crippen LogP contribution >= 0.6 is 49.3 Å². The van der Waals surface area contributed by atoms with Crippen molar-refractivity contribution < 1.29 is 8.37 Å². The van der Waals surface area contributed by atoms with Crippen LogP contribution in [0.2, 0.25) is 4.47 Å². The molecule has 1 aliphatic heterocycles. The van der Waals surface area contributed by atoms with E-state index in [2.05, 4.69) is 63.2 Å². The van der Waals surface area contributed by atoms with E-state index in [1.54, 1.807) is 0 Å². The van der Waals surface area contributed by atoms with Crippen molar-refractivity contribution in [1.29, 1.82) is 0 Å². The molecule has 0 aromatic carbocycles. The van der Waals surface area contributed by atoms with Gasteiger partial charge in [-0.05, 0) is 0 Å². The molecular formula is C11H22O2S4Te. The summed E-state index contributed by atoms with van der Waals surface area (Å²) in [5.41, 5.74) is 0. The first-order valence-electron chi connectivity index (χ1n) is 6.11. The quantitative estimate of drug-likeness (QED) is 0.340. The summed E-state index contributed by atoms with van der Waals surface area (Å²) in [5, 5.41) is 0.869. The van der Waals surface area contributed by atoms with Crippen LogP contribution in [0.5, 0.6) is 0 Å². The molecule has 0 aromatic rings. The number of thiol groups is 2. The minimum atomic E-state index is 0.155. The normalized spacial score (nSPS) is 28.0. The third-order valence-electron chi connectivity index (χ3n) is 2.64. The molecule has 1 aliphatic rings. The number of hydrogen-bond donors (Lipinski definition) is 2. The van der Waals surface area contributed by atoms with Crippen LogP contribution in [0.25, 0.3) is 0 Å². The van der Waals surface area contributed by atoms with Crippen molar-refractivity contribution in [2.45, 2.75) is 51.9 Å². The average molecular weight is 442 g/mol. The van der Waals surface area contributed by atoms with E-state index in [1.807, 2.05) is 0 Å². The first-order chi connectivity index (χ1) is 8.65. The molecule has 0 radical (unpaired) electrons. The summed E-state index contributed by atoms with van der Waals surface area (Å²) in [6, 6.07) is 0. The van der Waals surface area contributed by atoms with Gasteiger partial charge < -0.3 is 0 Å². The fourth-order valence-electron chi connectivity index (χ4n) is 1.54. The maximum atomic E-state index is 5.00. The fourth-order valence-corrected chi connectivity index (χ4v) is 9.79. The van der Waals surface area contributed by atoms with Gasteiger partial charge in [0.05, 0.1) is 0 Å². The molecule has 0 spiro atoms. The van der Waals surface area contributed by atoms with Gasteiger partial charge in [-0.25, -0.2) is 0 Å². The van der Waals surface area contributed by atoms with Crippen LogP contribution in [0.15, 0.2) is 0 Å². The Morgan fingerprint density at radius 2 is 1.72 bits per heavy atom. The Kier molecular flexibility index (Phi) is 10.9. The van der Waals surface area contributed by atoms with Crippen LogP contribution in [0, 0.1) is 0 Å². The zero-order chi connectivity index (χ0) is 13.4. The fraction of sp³-hybridized carbons (Fsp3) is 1.00. The maximum absolute atomic E-state index is 5.00. The zero-order valence-corrected chi connectivity index (χ0v) is 16.5. The van der Waals surface area contributed by atoms with E-state index in [0.29, 0.717) is 0 Å². The van der Waals surface area contributed by atoms with Crippen molar-refractivity contribution >= 4 is 70.3 Å². The molecule has 0 aliphatic carbocycles. The van der Waals surface area contributed by atoms with Crippen molar-refractivity contribution in [2.75, 3.05) is 11.5 Å². The van der Waals surface area contributed by atoms with Crippen molar-refractivity contribution in [3.8, 4) is 0 Å². The van der Waals surface area contributed by atoms with E-state index < -0.39 is 0 Å². The molecule has 1 heterocycles. The molecule has 4 unspecified atom stereocenters. The van der Waals surface area contributed by atoms with E-state index in [1.165, 1.54) is 17.3 Å². The third kappa shape index (κ3) is 7.78. The predicted molar refractivity (Wildman–Crippen MR) is 91.4 cm³/mol. The summed E-state index contributed by atoms with van der Waals surface area (Å²) in [7, 11) is 0. The summed E-state index contributed by atoms with van der Waals surface area (Å²) in [5.74, 6) is 2.16. The molecule has 0 bridgehead atoms. The molecule has 0 aromatic heterocycles. The standard InChI is InChI=1S/C11H22O2S4Te/c1-8(12-14)5-16-10-3-4-11(18-7-10)17-6-9(2)13-15/h8-11,14-15H,3-7H2,1-2H3.